The number of nitrogens with zero attached hydrogens (tertiary/aromatic N) is 2. The second kappa shape index (κ2) is 6.56. The molecule has 0 radical (unpaired) electrons. The first kappa shape index (κ1) is 14.6. The number of ether oxygens (including phenoxy) is 1. The Morgan fingerprint density at radius 1 is 1.20 bits per heavy atom. The van der Waals surface area contributed by atoms with Crippen molar-refractivity contribution >= 4 is 11.8 Å². The number of carbonyl (C=O) groups is 2. The van der Waals surface area contributed by atoms with Crippen LogP contribution in [0.2, 0.25) is 0 Å². The number of hydrogen-bond donors (Lipinski definition) is 0. The quantitative estimate of drug-likeness (QED) is 0.817. The van der Waals surface area contributed by atoms with E-state index in [1.807, 2.05) is 13.0 Å². The van der Waals surface area contributed by atoms with E-state index in [0.717, 1.165) is 12.2 Å². The molecule has 0 spiro atoms. The molecule has 1 aromatic rings. The molecule has 0 bridgehead atoms. The highest BCUT2D eigenvalue weighted by atomic mass is 16.5. The first-order valence-corrected chi connectivity index (χ1v) is 6.80. The second-order valence-corrected chi connectivity index (χ2v) is 4.73. The summed E-state index contributed by atoms with van der Waals surface area (Å²) in [5.41, 5.74) is 0. The summed E-state index contributed by atoms with van der Waals surface area (Å²) in [4.78, 5) is 27.3. The molecule has 1 aromatic heterocycles. The lowest BCUT2D eigenvalue weighted by Crippen LogP contribution is -2.51. The summed E-state index contributed by atoms with van der Waals surface area (Å²) in [6, 6.07) is 3.54. The Kier molecular flexibility index (Phi) is 4.79. The van der Waals surface area contributed by atoms with Gasteiger partial charge in [0.1, 0.15) is 12.4 Å². The maximum absolute atomic E-state index is 12.2. The Hall–Kier alpha value is -1.82. The van der Waals surface area contributed by atoms with Gasteiger partial charge in [-0.1, -0.05) is 6.92 Å². The molecule has 6 nitrogen and oxygen atoms in total. The van der Waals surface area contributed by atoms with Crippen LogP contribution in [-0.4, -0.2) is 61.5 Å². The van der Waals surface area contributed by atoms with E-state index in [9.17, 15) is 9.59 Å². The van der Waals surface area contributed by atoms with Crippen molar-refractivity contribution in [1.82, 2.24) is 9.80 Å². The van der Waals surface area contributed by atoms with Crippen molar-refractivity contribution in [2.75, 3.05) is 39.9 Å². The lowest BCUT2D eigenvalue weighted by Gasteiger charge is -2.34. The van der Waals surface area contributed by atoms with Crippen molar-refractivity contribution < 1.29 is 18.7 Å². The Bertz CT molecular complexity index is 475. The highest BCUT2D eigenvalue weighted by molar-refractivity contribution is 5.91. The van der Waals surface area contributed by atoms with Crippen LogP contribution in [0, 0.1) is 0 Å². The predicted molar refractivity (Wildman–Crippen MR) is 72.4 cm³/mol. The van der Waals surface area contributed by atoms with E-state index in [0.29, 0.717) is 31.9 Å². The highest BCUT2D eigenvalue weighted by Gasteiger charge is 2.26. The Morgan fingerprint density at radius 2 is 1.85 bits per heavy atom. The molecule has 0 aromatic carbocycles. The molecule has 2 rings (SSSR count). The molecular formula is C14H20N2O4. The van der Waals surface area contributed by atoms with E-state index in [4.69, 9.17) is 9.15 Å². The summed E-state index contributed by atoms with van der Waals surface area (Å²) in [6.45, 7) is 4.19. The molecule has 1 aliphatic heterocycles. The zero-order chi connectivity index (χ0) is 14.5. The van der Waals surface area contributed by atoms with Gasteiger partial charge in [-0.15, -0.1) is 0 Å². The van der Waals surface area contributed by atoms with Crippen LogP contribution in [0.4, 0.5) is 0 Å². The van der Waals surface area contributed by atoms with Crippen LogP contribution in [0.25, 0.3) is 0 Å². The van der Waals surface area contributed by atoms with Crippen LogP contribution in [0.3, 0.4) is 0 Å². The molecule has 0 saturated carbocycles. The van der Waals surface area contributed by atoms with Crippen molar-refractivity contribution in [3.05, 3.63) is 23.7 Å². The van der Waals surface area contributed by atoms with Gasteiger partial charge < -0.3 is 19.0 Å². The van der Waals surface area contributed by atoms with Crippen LogP contribution < -0.4 is 0 Å². The molecule has 2 heterocycles. The number of methoxy groups -OCH3 is 1. The molecule has 1 saturated heterocycles. The summed E-state index contributed by atoms with van der Waals surface area (Å²) in [7, 11) is 1.50. The van der Waals surface area contributed by atoms with Gasteiger partial charge >= 0.3 is 0 Å². The van der Waals surface area contributed by atoms with E-state index in [1.54, 1.807) is 15.9 Å². The van der Waals surface area contributed by atoms with Gasteiger partial charge in [0.2, 0.25) is 5.91 Å². The van der Waals surface area contributed by atoms with Crippen molar-refractivity contribution in [3.8, 4) is 0 Å². The number of hydrogen-bond acceptors (Lipinski definition) is 4. The summed E-state index contributed by atoms with van der Waals surface area (Å²) >= 11 is 0. The van der Waals surface area contributed by atoms with Crippen LogP contribution in [0.1, 0.15) is 23.2 Å². The fraction of sp³-hybridized carbons (Fsp3) is 0.571. The highest BCUT2D eigenvalue weighted by Crippen LogP contribution is 2.13. The molecule has 110 valence electrons. The third-order valence-electron chi connectivity index (χ3n) is 3.41. The normalized spacial score (nSPS) is 15.5. The van der Waals surface area contributed by atoms with Gasteiger partial charge in [-0.3, -0.25) is 9.59 Å². The number of furan rings is 1. The molecule has 0 atom stereocenters. The first-order chi connectivity index (χ1) is 9.65. The maximum atomic E-state index is 12.2. The Balaban J connectivity index is 1.90. The number of amides is 2. The molecule has 2 amide bonds. The Morgan fingerprint density at radius 3 is 2.40 bits per heavy atom. The van der Waals surface area contributed by atoms with E-state index in [2.05, 4.69) is 0 Å². The molecule has 1 aliphatic rings. The van der Waals surface area contributed by atoms with Crippen molar-refractivity contribution in [1.29, 1.82) is 0 Å². The van der Waals surface area contributed by atoms with Gasteiger partial charge in [-0.2, -0.15) is 0 Å². The number of aryl methyl sites for hydroxylation is 1. The minimum atomic E-state index is -0.108. The lowest BCUT2D eigenvalue weighted by atomic mass is 10.3. The monoisotopic (exact) mass is 280 g/mol. The molecule has 6 heteroatoms. The zero-order valence-corrected chi connectivity index (χ0v) is 11.9. The predicted octanol–water partition coefficient (Wildman–Crippen LogP) is 0.773. The summed E-state index contributed by atoms with van der Waals surface area (Å²) < 4.78 is 10.3. The summed E-state index contributed by atoms with van der Waals surface area (Å²) in [5.74, 6) is 1.04. The van der Waals surface area contributed by atoms with Crippen LogP contribution in [-0.2, 0) is 16.0 Å². The molecule has 0 aliphatic carbocycles. The SMILES string of the molecule is CCc1ccc(C(=O)N2CCN(C(=O)COC)CC2)o1. The zero-order valence-electron chi connectivity index (χ0n) is 11.9. The molecule has 0 N–H and O–H groups in total. The largest absolute Gasteiger partial charge is 0.456 e. The van der Waals surface area contributed by atoms with Gasteiger partial charge in [-0.25, -0.2) is 0 Å². The minimum Gasteiger partial charge on any atom is -0.456 e. The smallest absolute Gasteiger partial charge is 0.289 e. The van der Waals surface area contributed by atoms with Gasteiger partial charge in [0, 0.05) is 39.7 Å². The van der Waals surface area contributed by atoms with Gasteiger partial charge in [0.25, 0.3) is 5.91 Å². The van der Waals surface area contributed by atoms with Gasteiger partial charge in [-0.05, 0) is 12.1 Å². The third kappa shape index (κ3) is 3.19. The fourth-order valence-corrected chi connectivity index (χ4v) is 2.21. The topological polar surface area (TPSA) is 63.0 Å². The maximum Gasteiger partial charge on any atom is 0.289 e. The van der Waals surface area contributed by atoms with Gasteiger partial charge in [0.05, 0.1) is 0 Å². The van der Waals surface area contributed by atoms with E-state index in [-0.39, 0.29) is 18.4 Å². The van der Waals surface area contributed by atoms with Crippen LogP contribution in [0.5, 0.6) is 0 Å². The second-order valence-electron chi connectivity index (χ2n) is 4.73. The Labute approximate surface area is 118 Å². The number of carbonyl (C=O) groups excluding carboxylic acids is 2. The standard InChI is InChI=1S/C14H20N2O4/c1-3-11-4-5-12(20-11)14(18)16-8-6-15(7-9-16)13(17)10-19-2/h4-5H,3,6-10H2,1-2H3. The fourth-order valence-electron chi connectivity index (χ4n) is 2.21. The molecule has 20 heavy (non-hydrogen) atoms. The van der Waals surface area contributed by atoms with Crippen molar-refractivity contribution in [2.24, 2.45) is 0 Å². The minimum absolute atomic E-state index is 0.0362. The molecule has 1 fully saturated rings. The average molecular weight is 280 g/mol. The van der Waals surface area contributed by atoms with Gasteiger partial charge in [0.15, 0.2) is 5.76 Å². The third-order valence-corrected chi connectivity index (χ3v) is 3.41. The van der Waals surface area contributed by atoms with E-state index < -0.39 is 0 Å². The van der Waals surface area contributed by atoms with Crippen LogP contribution >= 0.6 is 0 Å². The number of piperazine rings is 1. The molecule has 0 unspecified atom stereocenters. The van der Waals surface area contributed by atoms with Crippen molar-refractivity contribution in [3.63, 3.8) is 0 Å². The first-order valence-electron chi connectivity index (χ1n) is 6.80. The molecular weight excluding hydrogens is 260 g/mol. The summed E-state index contributed by atoms with van der Waals surface area (Å²) in [6.07, 6.45) is 0.770. The van der Waals surface area contributed by atoms with E-state index in [1.165, 1.54) is 7.11 Å². The number of rotatable bonds is 4. The van der Waals surface area contributed by atoms with E-state index >= 15 is 0 Å². The lowest BCUT2D eigenvalue weighted by molar-refractivity contribution is -0.136. The average Bonchev–Trinajstić information content (AvgIpc) is 2.96. The summed E-state index contributed by atoms with van der Waals surface area (Å²) in [5, 5.41) is 0. The van der Waals surface area contributed by atoms with Crippen LogP contribution in [0.15, 0.2) is 16.5 Å². The van der Waals surface area contributed by atoms with Crippen molar-refractivity contribution in [2.45, 2.75) is 13.3 Å².